The van der Waals surface area contributed by atoms with Crippen LogP contribution in [0.25, 0.3) is 0 Å². The molecule has 0 N–H and O–H groups in total. The van der Waals surface area contributed by atoms with E-state index in [2.05, 4.69) is 93.7 Å². The maximum atomic E-state index is 12.8. The molecule has 1 atom stereocenters. The van der Waals surface area contributed by atoms with E-state index in [1.54, 1.807) is 6.08 Å². The molecule has 0 aliphatic heterocycles. The van der Waals surface area contributed by atoms with E-state index >= 15 is 0 Å². The SMILES string of the molecule is CC/C=C\C/C=C\C/C=C\C/C=C\C/C=C\CC(=O)OC(COC(=O)CCCCCCCCCCC/C=C\C/C=C\CCCCC)COC(=O)CCCCCCCCCCCCCCC. The molecule has 0 radical (unpaired) electrons. The summed E-state index contributed by atoms with van der Waals surface area (Å²) >= 11 is 0. The summed E-state index contributed by atoms with van der Waals surface area (Å²) in [5.41, 5.74) is 0. The molecule has 0 rings (SSSR count). The highest BCUT2D eigenvalue weighted by molar-refractivity contribution is 5.72. The number of esters is 3. The van der Waals surface area contributed by atoms with Gasteiger partial charge in [0.25, 0.3) is 0 Å². The van der Waals surface area contributed by atoms with Gasteiger partial charge in [-0.3, -0.25) is 14.4 Å². The van der Waals surface area contributed by atoms with E-state index in [1.165, 1.54) is 135 Å². The van der Waals surface area contributed by atoms with Crippen LogP contribution >= 0.6 is 0 Å². The first-order valence-corrected chi connectivity index (χ1v) is 27.1. The molecular formula is C59H100O6. The number of hydrogen-bond donors (Lipinski definition) is 0. The molecule has 0 aromatic carbocycles. The standard InChI is InChI=1S/C59H100O6/c1-4-7-10-13-16-19-22-25-27-28-29-30-32-34-37-40-43-46-49-52-58(61)64-55-56(54-63-57(60)51-48-45-42-39-36-33-24-21-18-15-12-9-6-3)65-59(62)53-50-47-44-41-38-35-31-26-23-20-17-14-11-8-5-2/h8,11,16-17,19-20,25-27,31,38,41,47,50,56H,4-7,9-10,12-15,18,21-24,28-30,32-37,39-40,42-46,48-49,51-55H2,1-3H3/b11-8-,19-16-,20-17-,27-25-,31-26-,41-38-,50-47-. The Labute approximate surface area is 401 Å². The van der Waals surface area contributed by atoms with Crippen LogP contribution in [0, 0.1) is 0 Å². The second-order valence-corrected chi connectivity index (χ2v) is 17.8. The van der Waals surface area contributed by atoms with Crippen molar-refractivity contribution >= 4 is 17.9 Å². The Morgan fingerprint density at radius 1 is 0.338 bits per heavy atom. The topological polar surface area (TPSA) is 78.9 Å². The van der Waals surface area contributed by atoms with Crippen molar-refractivity contribution in [1.29, 1.82) is 0 Å². The van der Waals surface area contributed by atoms with Crippen molar-refractivity contribution in [2.24, 2.45) is 0 Å². The van der Waals surface area contributed by atoms with Crippen molar-refractivity contribution in [3.63, 3.8) is 0 Å². The lowest BCUT2D eigenvalue weighted by Gasteiger charge is -2.18. The van der Waals surface area contributed by atoms with Gasteiger partial charge in [-0.05, 0) is 77.0 Å². The van der Waals surface area contributed by atoms with Gasteiger partial charge in [-0.15, -0.1) is 0 Å². The van der Waals surface area contributed by atoms with Gasteiger partial charge in [0.1, 0.15) is 13.2 Å². The van der Waals surface area contributed by atoms with Crippen LogP contribution in [0.4, 0.5) is 0 Å². The molecule has 0 fully saturated rings. The Bertz CT molecular complexity index is 1270. The fourth-order valence-corrected chi connectivity index (χ4v) is 7.37. The summed E-state index contributed by atoms with van der Waals surface area (Å²) in [5.74, 6) is -1.05. The number of ether oxygens (including phenoxy) is 3. The largest absolute Gasteiger partial charge is 0.462 e. The van der Waals surface area contributed by atoms with Gasteiger partial charge in [-0.2, -0.15) is 0 Å². The van der Waals surface area contributed by atoms with Crippen LogP contribution in [0.3, 0.4) is 0 Å². The number of carbonyl (C=O) groups excluding carboxylic acids is 3. The molecule has 6 nitrogen and oxygen atoms in total. The molecule has 0 amide bonds. The predicted octanol–water partition coefficient (Wildman–Crippen LogP) is 18.0. The summed E-state index contributed by atoms with van der Waals surface area (Å²) in [5, 5.41) is 0. The van der Waals surface area contributed by atoms with Crippen LogP contribution in [0.15, 0.2) is 85.1 Å². The molecule has 0 aromatic heterocycles. The first-order valence-electron chi connectivity index (χ1n) is 27.1. The van der Waals surface area contributed by atoms with Gasteiger partial charge < -0.3 is 14.2 Å². The van der Waals surface area contributed by atoms with E-state index in [9.17, 15) is 14.4 Å². The summed E-state index contributed by atoms with van der Waals surface area (Å²) in [6.45, 7) is 6.42. The van der Waals surface area contributed by atoms with Crippen molar-refractivity contribution in [1.82, 2.24) is 0 Å². The highest BCUT2D eigenvalue weighted by Gasteiger charge is 2.19. The molecule has 6 heteroatoms. The Morgan fingerprint density at radius 3 is 1.05 bits per heavy atom. The third kappa shape index (κ3) is 51.4. The molecule has 0 spiro atoms. The molecule has 0 saturated carbocycles. The van der Waals surface area contributed by atoms with Gasteiger partial charge in [0.2, 0.25) is 0 Å². The van der Waals surface area contributed by atoms with Crippen molar-refractivity contribution in [3.05, 3.63) is 85.1 Å². The van der Waals surface area contributed by atoms with E-state index < -0.39 is 12.1 Å². The molecule has 1 unspecified atom stereocenters. The molecule has 0 aliphatic carbocycles. The highest BCUT2D eigenvalue weighted by Crippen LogP contribution is 2.15. The molecular weight excluding hydrogens is 805 g/mol. The van der Waals surface area contributed by atoms with Gasteiger partial charge in [-0.1, -0.05) is 241 Å². The zero-order chi connectivity index (χ0) is 47.2. The molecule has 0 saturated heterocycles. The normalized spacial score (nSPS) is 12.7. The number of rotatable bonds is 48. The average molecular weight is 905 g/mol. The number of carbonyl (C=O) groups is 3. The lowest BCUT2D eigenvalue weighted by atomic mass is 10.0. The summed E-state index contributed by atoms with van der Waals surface area (Å²) < 4.78 is 16.7. The molecule has 0 bridgehead atoms. The number of allylic oxidation sites excluding steroid dienone is 13. The molecule has 0 heterocycles. The van der Waals surface area contributed by atoms with E-state index in [4.69, 9.17) is 14.2 Å². The van der Waals surface area contributed by atoms with E-state index in [1.807, 2.05) is 6.08 Å². The fraction of sp³-hybridized carbons (Fsp3) is 0.712. The summed E-state index contributed by atoms with van der Waals surface area (Å²) in [6, 6.07) is 0. The quantitative estimate of drug-likeness (QED) is 0.0262. The minimum atomic E-state index is -0.830. The first-order chi connectivity index (χ1) is 32.0. The third-order valence-corrected chi connectivity index (χ3v) is 11.4. The van der Waals surface area contributed by atoms with Crippen LogP contribution in [-0.4, -0.2) is 37.2 Å². The van der Waals surface area contributed by atoms with E-state index in [0.717, 1.165) is 77.0 Å². The van der Waals surface area contributed by atoms with Gasteiger partial charge >= 0.3 is 17.9 Å². The molecule has 0 aromatic rings. The van der Waals surface area contributed by atoms with E-state index in [0.29, 0.717) is 12.8 Å². The van der Waals surface area contributed by atoms with Crippen LogP contribution in [0.2, 0.25) is 0 Å². The van der Waals surface area contributed by atoms with Crippen LogP contribution in [0.1, 0.15) is 252 Å². The Kier molecular flexibility index (Phi) is 50.4. The Morgan fingerprint density at radius 2 is 0.646 bits per heavy atom. The van der Waals surface area contributed by atoms with Crippen molar-refractivity contribution in [2.75, 3.05) is 13.2 Å². The van der Waals surface area contributed by atoms with Gasteiger partial charge in [-0.25, -0.2) is 0 Å². The molecule has 0 aliphatic rings. The third-order valence-electron chi connectivity index (χ3n) is 11.4. The number of hydrogen-bond acceptors (Lipinski definition) is 6. The minimum absolute atomic E-state index is 0.0968. The van der Waals surface area contributed by atoms with Crippen LogP contribution in [-0.2, 0) is 28.6 Å². The smallest absolute Gasteiger partial charge is 0.310 e. The van der Waals surface area contributed by atoms with E-state index in [-0.39, 0.29) is 31.6 Å². The van der Waals surface area contributed by atoms with Gasteiger partial charge in [0, 0.05) is 12.8 Å². The summed E-state index contributed by atoms with van der Waals surface area (Å²) in [6.07, 6.45) is 68.8. The zero-order valence-electron chi connectivity index (χ0n) is 42.5. The highest BCUT2D eigenvalue weighted by atomic mass is 16.6. The van der Waals surface area contributed by atoms with Crippen molar-refractivity contribution in [2.45, 2.75) is 258 Å². The monoisotopic (exact) mass is 905 g/mol. The maximum absolute atomic E-state index is 12.8. The molecule has 372 valence electrons. The van der Waals surface area contributed by atoms with Gasteiger partial charge in [0.05, 0.1) is 6.42 Å². The second-order valence-electron chi connectivity index (χ2n) is 17.8. The zero-order valence-corrected chi connectivity index (χ0v) is 42.5. The lowest BCUT2D eigenvalue weighted by molar-refractivity contribution is -0.166. The minimum Gasteiger partial charge on any atom is -0.462 e. The van der Waals surface area contributed by atoms with Crippen LogP contribution < -0.4 is 0 Å². The second kappa shape index (κ2) is 53.2. The van der Waals surface area contributed by atoms with Crippen LogP contribution in [0.5, 0.6) is 0 Å². The first kappa shape index (κ1) is 61.6. The average Bonchev–Trinajstić information content (AvgIpc) is 3.30. The molecule has 65 heavy (non-hydrogen) atoms. The Hall–Kier alpha value is -3.41. The summed E-state index contributed by atoms with van der Waals surface area (Å²) in [4.78, 5) is 38.0. The number of unbranched alkanes of at least 4 members (excludes halogenated alkanes) is 24. The fourth-order valence-electron chi connectivity index (χ4n) is 7.37. The lowest BCUT2D eigenvalue weighted by Crippen LogP contribution is -2.30. The van der Waals surface area contributed by atoms with Crippen molar-refractivity contribution in [3.8, 4) is 0 Å². The van der Waals surface area contributed by atoms with Gasteiger partial charge in [0.15, 0.2) is 6.10 Å². The maximum Gasteiger partial charge on any atom is 0.310 e. The van der Waals surface area contributed by atoms with Crippen molar-refractivity contribution < 1.29 is 28.6 Å². The summed E-state index contributed by atoms with van der Waals surface area (Å²) in [7, 11) is 0. The Balaban J connectivity index is 4.46. The predicted molar refractivity (Wildman–Crippen MR) is 279 cm³/mol.